The van der Waals surface area contributed by atoms with Gasteiger partial charge in [-0.1, -0.05) is 35.9 Å². The molecule has 4 nitrogen and oxygen atoms in total. The largest absolute Gasteiger partial charge is 0.361 e. The van der Waals surface area contributed by atoms with Gasteiger partial charge in [-0.25, -0.2) is 12.7 Å². The first kappa shape index (κ1) is 18.3. The Morgan fingerprint density at radius 3 is 2.33 bits per heavy atom. The maximum atomic E-state index is 13.3. The van der Waals surface area contributed by atoms with Gasteiger partial charge in [0.1, 0.15) is 0 Å². The zero-order chi connectivity index (χ0) is 19.4. The van der Waals surface area contributed by atoms with Gasteiger partial charge < -0.3 is 4.98 Å². The van der Waals surface area contributed by atoms with Crippen molar-refractivity contribution < 1.29 is 8.42 Å². The lowest BCUT2D eigenvalue weighted by molar-refractivity contribution is 0.427. The number of hydrogen-bond acceptors (Lipinski definition) is 2. The van der Waals surface area contributed by atoms with E-state index in [1.54, 1.807) is 11.4 Å². The fourth-order valence-electron chi connectivity index (χ4n) is 4.41. The van der Waals surface area contributed by atoms with E-state index in [0.29, 0.717) is 11.4 Å². The molecule has 1 saturated carbocycles. The van der Waals surface area contributed by atoms with Gasteiger partial charge in [0.05, 0.1) is 4.90 Å². The number of hydrogen-bond donors (Lipinski definition) is 1. The number of aromatic amines is 1. The minimum Gasteiger partial charge on any atom is -0.361 e. The van der Waals surface area contributed by atoms with Crippen LogP contribution in [-0.2, 0) is 15.4 Å². The van der Waals surface area contributed by atoms with Gasteiger partial charge in [0, 0.05) is 36.1 Å². The summed E-state index contributed by atoms with van der Waals surface area (Å²) in [5.74, 6) is 0. The Morgan fingerprint density at radius 1 is 1.07 bits per heavy atom. The molecule has 0 saturated heterocycles. The quantitative estimate of drug-likeness (QED) is 0.709. The maximum Gasteiger partial charge on any atom is 0.243 e. The highest BCUT2D eigenvalue weighted by Crippen LogP contribution is 2.51. The molecule has 1 heterocycles. The SMILES string of the molecule is Cc1cc(C)c(S(=O)(=O)N(C)CC2(c3c[nH]c4ccccc34)CC2)c(C)c1. The summed E-state index contributed by atoms with van der Waals surface area (Å²) in [6, 6.07) is 12.1. The van der Waals surface area contributed by atoms with E-state index in [-0.39, 0.29) is 5.41 Å². The van der Waals surface area contributed by atoms with Crippen LogP contribution in [0.3, 0.4) is 0 Å². The van der Waals surface area contributed by atoms with Crippen LogP contribution in [0.5, 0.6) is 0 Å². The summed E-state index contributed by atoms with van der Waals surface area (Å²) in [5.41, 5.74) is 4.97. The first-order chi connectivity index (χ1) is 12.7. The van der Waals surface area contributed by atoms with Crippen LogP contribution in [0.4, 0.5) is 0 Å². The highest BCUT2D eigenvalue weighted by molar-refractivity contribution is 7.89. The molecule has 0 unspecified atom stereocenters. The minimum atomic E-state index is -3.53. The molecule has 0 spiro atoms. The number of fused-ring (bicyclic) bond motifs is 1. The summed E-state index contributed by atoms with van der Waals surface area (Å²) in [4.78, 5) is 3.78. The maximum absolute atomic E-state index is 13.3. The zero-order valence-corrected chi connectivity index (χ0v) is 17.2. The molecule has 142 valence electrons. The number of sulfonamides is 1. The van der Waals surface area contributed by atoms with Gasteiger partial charge in [-0.15, -0.1) is 0 Å². The fourth-order valence-corrected chi connectivity index (χ4v) is 6.07. The molecule has 0 bridgehead atoms. The van der Waals surface area contributed by atoms with E-state index in [4.69, 9.17) is 0 Å². The average Bonchev–Trinajstić information content (AvgIpc) is 3.22. The van der Waals surface area contributed by atoms with E-state index in [2.05, 4.69) is 23.3 Å². The van der Waals surface area contributed by atoms with E-state index < -0.39 is 10.0 Å². The van der Waals surface area contributed by atoms with Crippen LogP contribution in [0.25, 0.3) is 10.9 Å². The Labute approximate surface area is 161 Å². The second-order valence-corrected chi connectivity index (χ2v) is 10.00. The van der Waals surface area contributed by atoms with E-state index >= 15 is 0 Å². The molecule has 0 radical (unpaired) electrons. The first-order valence-electron chi connectivity index (χ1n) is 9.35. The summed E-state index contributed by atoms with van der Waals surface area (Å²) in [6.07, 6.45) is 4.08. The van der Waals surface area contributed by atoms with Gasteiger partial charge in [-0.3, -0.25) is 0 Å². The highest BCUT2D eigenvalue weighted by Gasteiger charge is 2.48. The number of para-hydroxylation sites is 1. The Balaban J connectivity index is 1.69. The molecular weight excluding hydrogens is 356 g/mol. The second kappa shape index (κ2) is 6.21. The van der Waals surface area contributed by atoms with Gasteiger partial charge in [-0.05, 0) is 56.4 Å². The number of nitrogens with one attached hydrogen (secondary N) is 1. The van der Waals surface area contributed by atoms with E-state index in [1.807, 2.05) is 45.0 Å². The predicted octanol–water partition coefficient (Wildman–Crippen LogP) is 4.45. The Morgan fingerprint density at radius 2 is 1.70 bits per heavy atom. The lowest BCUT2D eigenvalue weighted by Crippen LogP contribution is -2.35. The van der Waals surface area contributed by atoms with Crippen molar-refractivity contribution in [3.05, 3.63) is 64.8 Å². The number of aromatic nitrogens is 1. The second-order valence-electron chi connectivity index (χ2n) is 8.02. The molecule has 0 amide bonds. The van der Waals surface area contributed by atoms with Crippen molar-refractivity contribution in [2.45, 2.75) is 43.9 Å². The normalized spacial score (nSPS) is 16.2. The van der Waals surface area contributed by atoms with Crippen molar-refractivity contribution in [2.75, 3.05) is 13.6 Å². The molecule has 1 aliphatic carbocycles. The van der Waals surface area contributed by atoms with Crippen LogP contribution in [0.2, 0.25) is 0 Å². The molecule has 1 N–H and O–H groups in total. The molecule has 1 aliphatic rings. The van der Waals surface area contributed by atoms with Gasteiger partial charge >= 0.3 is 0 Å². The van der Waals surface area contributed by atoms with Gasteiger partial charge in [0.25, 0.3) is 0 Å². The average molecular weight is 383 g/mol. The lowest BCUT2D eigenvalue weighted by Gasteiger charge is -2.25. The van der Waals surface area contributed by atoms with Crippen LogP contribution in [0.15, 0.2) is 47.5 Å². The molecule has 27 heavy (non-hydrogen) atoms. The Hall–Kier alpha value is -2.11. The lowest BCUT2D eigenvalue weighted by atomic mass is 9.95. The first-order valence-corrected chi connectivity index (χ1v) is 10.8. The third-order valence-corrected chi connectivity index (χ3v) is 7.92. The number of H-pyrrole nitrogens is 1. The standard InChI is InChI=1S/C22H26N2O2S/c1-15-11-16(2)21(17(3)12-15)27(25,26)24(4)14-22(9-10-22)19-13-23-20-8-6-5-7-18(19)20/h5-8,11-13,23H,9-10,14H2,1-4H3. The molecule has 1 aromatic heterocycles. The minimum absolute atomic E-state index is 0.0894. The van der Waals surface area contributed by atoms with E-state index in [9.17, 15) is 8.42 Å². The van der Waals surface area contributed by atoms with Crippen LogP contribution >= 0.6 is 0 Å². The third-order valence-electron chi connectivity index (χ3n) is 5.81. The van der Waals surface area contributed by atoms with Crippen LogP contribution < -0.4 is 0 Å². The van der Waals surface area contributed by atoms with Gasteiger partial charge in [0.15, 0.2) is 0 Å². The number of benzene rings is 2. The summed E-state index contributed by atoms with van der Waals surface area (Å²) >= 11 is 0. The van der Waals surface area contributed by atoms with Crippen molar-refractivity contribution in [3.8, 4) is 0 Å². The number of nitrogens with zero attached hydrogens (tertiary/aromatic N) is 1. The Kier molecular flexibility index (Phi) is 4.20. The molecule has 3 aromatic rings. The number of aryl methyl sites for hydroxylation is 3. The van der Waals surface area contributed by atoms with Gasteiger partial charge in [-0.2, -0.15) is 0 Å². The highest BCUT2D eigenvalue weighted by atomic mass is 32.2. The number of rotatable bonds is 5. The van der Waals surface area contributed by atoms with Crippen molar-refractivity contribution in [3.63, 3.8) is 0 Å². The third kappa shape index (κ3) is 2.99. The van der Waals surface area contributed by atoms with Crippen molar-refractivity contribution in [2.24, 2.45) is 0 Å². The number of likely N-dealkylation sites (N-methyl/N-ethyl adjacent to an activating group) is 1. The summed E-state index contributed by atoms with van der Waals surface area (Å²) < 4.78 is 28.2. The smallest absolute Gasteiger partial charge is 0.243 e. The van der Waals surface area contributed by atoms with Crippen molar-refractivity contribution >= 4 is 20.9 Å². The molecule has 1 fully saturated rings. The fraction of sp³-hybridized carbons (Fsp3) is 0.364. The zero-order valence-electron chi connectivity index (χ0n) is 16.3. The van der Waals surface area contributed by atoms with Crippen LogP contribution in [-0.4, -0.2) is 31.3 Å². The van der Waals surface area contributed by atoms with E-state index in [0.717, 1.165) is 35.0 Å². The molecule has 0 atom stereocenters. The summed E-state index contributed by atoms with van der Waals surface area (Å²) in [6.45, 7) is 6.26. The molecule has 4 rings (SSSR count). The van der Waals surface area contributed by atoms with Crippen molar-refractivity contribution in [1.29, 1.82) is 0 Å². The summed E-state index contributed by atoms with van der Waals surface area (Å²) in [7, 11) is -1.82. The van der Waals surface area contributed by atoms with Gasteiger partial charge in [0.2, 0.25) is 10.0 Å². The predicted molar refractivity (Wildman–Crippen MR) is 110 cm³/mol. The molecule has 2 aromatic carbocycles. The summed E-state index contributed by atoms with van der Waals surface area (Å²) in [5, 5.41) is 1.20. The topological polar surface area (TPSA) is 53.2 Å². The Bertz CT molecular complexity index is 1100. The molecule has 5 heteroatoms. The van der Waals surface area contributed by atoms with E-state index in [1.165, 1.54) is 10.9 Å². The molecular formula is C22H26N2O2S. The van der Waals surface area contributed by atoms with Crippen LogP contribution in [0, 0.1) is 20.8 Å². The van der Waals surface area contributed by atoms with Crippen LogP contribution in [0.1, 0.15) is 35.1 Å². The molecule has 0 aliphatic heterocycles. The monoisotopic (exact) mass is 382 g/mol. The van der Waals surface area contributed by atoms with Crippen molar-refractivity contribution in [1.82, 2.24) is 9.29 Å².